The lowest BCUT2D eigenvalue weighted by Gasteiger charge is -2.27. The zero-order valence-electron chi connectivity index (χ0n) is 13.2. The summed E-state index contributed by atoms with van der Waals surface area (Å²) >= 11 is 0. The maximum Gasteiger partial charge on any atom is 0.289 e. The Kier molecular flexibility index (Phi) is 6.94. The molecule has 1 heterocycles. The van der Waals surface area contributed by atoms with E-state index < -0.39 is 14.9 Å². The fourth-order valence-corrected chi connectivity index (χ4v) is 4.95. The summed E-state index contributed by atoms with van der Waals surface area (Å²) in [6.45, 7) is 5.20. The van der Waals surface area contributed by atoms with Gasteiger partial charge >= 0.3 is 0 Å². The van der Waals surface area contributed by atoms with Crippen LogP contribution in [0, 0.1) is 17.0 Å². The molecule has 1 N–H and O–H groups in total. The predicted octanol–water partition coefficient (Wildman–Crippen LogP) is 2.09. The Bertz CT molecular complexity index is 660. The number of nitro groups is 1. The molecule has 130 valence electrons. The average Bonchev–Trinajstić information content (AvgIpc) is 2.97. The first-order valence-corrected chi connectivity index (χ1v) is 8.80. The van der Waals surface area contributed by atoms with Crippen LogP contribution in [0.3, 0.4) is 0 Å². The quantitative estimate of drug-likeness (QED) is 0.617. The molecule has 1 saturated heterocycles. The molecule has 0 amide bonds. The van der Waals surface area contributed by atoms with Gasteiger partial charge in [-0.15, -0.1) is 12.4 Å². The highest BCUT2D eigenvalue weighted by atomic mass is 35.5. The minimum atomic E-state index is -3.90. The highest BCUT2D eigenvalue weighted by Crippen LogP contribution is 2.31. The van der Waals surface area contributed by atoms with Crippen LogP contribution in [0.4, 0.5) is 5.69 Å². The number of rotatable bonds is 6. The number of benzene rings is 1. The van der Waals surface area contributed by atoms with Gasteiger partial charge in [-0.05, 0) is 31.9 Å². The molecular weight excluding hydrogens is 342 g/mol. The average molecular weight is 364 g/mol. The third-order valence-corrected chi connectivity index (χ3v) is 5.99. The van der Waals surface area contributed by atoms with Gasteiger partial charge in [0.2, 0.25) is 10.0 Å². The van der Waals surface area contributed by atoms with Crippen molar-refractivity contribution in [2.75, 3.05) is 19.6 Å². The van der Waals surface area contributed by atoms with E-state index in [1.54, 1.807) is 13.0 Å². The molecule has 0 bridgehead atoms. The lowest BCUT2D eigenvalue weighted by Crippen LogP contribution is -2.42. The molecule has 2 rings (SSSR count). The standard InChI is InChI=1S/C14H21N3O4S.ClH/c1-3-9-16(12-7-8-15-10-12)22(20,21)14-11(2)5-4-6-13(14)17(18)19;/h4-6,12,15H,3,7-10H2,1-2H3;1H. The Balaban J connectivity index is 0.00000264. The molecule has 1 aliphatic heterocycles. The molecular formula is C14H22ClN3O4S. The fraction of sp³-hybridized carbons (Fsp3) is 0.571. The number of nitrogens with one attached hydrogen (secondary N) is 1. The smallest absolute Gasteiger partial charge is 0.289 e. The van der Waals surface area contributed by atoms with E-state index in [0.29, 0.717) is 25.1 Å². The molecule has 1 aromatic rings. The topological polar surface area (TPSA) is 92.6 Å². The van der Waals surface area contributed by atoms with E-state index in [1.807, 2.05) is 6.92 Å². The van der Waals surface area contributed by atoms with Gasteiger partial charge in [0, 0.05) is 25.2 Å². The van der Waals surface area contributed by atoms with Crippen molar-refractivity contribution in [1.82, 2.24) is 9.62 Å². The van der Waals surface area contributed by atoms with Crippen LogP contribution in [0.2, 0.25) is 0 Å². The summed E-state index contributed by atoms with van der Waals surface area (Å²) in [5.41, 5.74) is 0.0494. The summed E-state index contributed by atoms with van der Waals surface area (Å²) < 4.78 is 27.5. The minimum absolute atomic E-state index is 0. The minimum Gasteiger partial charge on any atom is -0.315 e. The molecule has 1 unspecified atom stereocenters. The summed E-state index contributed by atoms with van der Waals surface area (Å²) in [6.07, 6.45) is 1.38. The molecule has 1 atom stereocenters. The zero-order chi connectivity index (χ0) is 16.3. The second kappa shape index (κ2) is 8.05. The van der Waals surface area contributed by atoms with Crippen molar-refractivity contribution in [3.63, 3.8) is 0 Å². The van der Waals surface area contributed by atoms with E-state index in [1.165, 1.54) is 16.4 Å². The van der Waals surface area contributed by atoms with Crippen molar-refractivity contribution in [2.45, 2.75) is 37.6 Å². The van der Waals surface area contributed by atoms with E-state index in [4.69, 9.17) is 0 Å². The zero-order valence-corrected chi connectivity index (χ0v) is 14.8. The van der Waals surface area contributed by atoms with Crippen LogP contribution in [-0.4, -0.2) is 43.3 Å². The lowest BCUT2D eigenvalue weighted by molar-refractivity contribution is -0.387. The molecule has 9 heteroatoms. The van der Waals surface area contributed by atoms with Gasteiger partial charge in [-0.3, -0.25) is 10.1 Å². The second-order valence-corrected chi connectivity index (χ2v) is 7.27. The summed E-state index contributed by atoms with van der Waals surface area (Å²) in [5, 5.41) is 14.4. The van der Waals surface area contributed by atoms with Crippen LogP contribution in [-0.2, 0) is 10.0 Å². The van der Waals surface area contributed by atoms with Gasteiger partial charge in [0.25, 0.3) is 5.69 Å². The molecule has 1 fully saturated rings. The van der Waals surface area contributed by atoms with Crippen LogP contribution in [0.15, 0.2) is 23.1 Å². The summed E-state index contributed by atoms with van der Waals surface area (Å²) in [6, 6.07) is 4.20. The van der Waals surface area contributed by atoms with E-state index in [2.05, 4.69) is 5.32 Å². The highest BCUT2D eigenvalue weighted by Gasteiger charge is 2.37. The van der Waals surface area contributed by atoms with Crippen molar-refractivity contribution >= 4 is 28.1 Å². The normalized spacial score (nSPS) is 18.0. The Labute approximate surface area is 142 Å². The first-order chi connectivity index (χ1) is 10.4. The van der Waals surface area contributed by atoms with E-state index in [9.17, 15) is 18.5 Å². The monoisotopic (exact) mass is 363 g/mol. The lowest BCUT2D eigenvalue weighted by atomic mass is 10.2. The van der Waals surface area contributed by atoms with Crippen molar-refractivity contribution in [2.24, 2.45) is 0 Å². The molecule has 0 aliphatic carbocycles. The predicted molar refractivity (Wildman–Crippen MR) is 90.5 cm³/mol. The summed E-state index contributed by atoms with van der Waals surface area (Å²) in [5.74, 6) is 0. The van der Waals surface area contributed by atoms with Crippen molar-refractivity contribution in [3.05, 3.63) is 33.9 Å². The maximum atomic E-state index is 13.0. The molecule has 0 aromatic heterocycles. The number of halogens is 1. The number of sulfonamides is 1. The van der Waals surface area contributed by atoms with Gasteiger partial charge in [-0.25, -0.2) is 8.42 Å². The van der Waals surface area contributed by atoms with Crippen LogP contribution in [0.1, 0.15) is 25.3 Å². The third kappa shape index (κ3) is 4.00. The first kappa shape index (κ1) is 19.8. The van der Waals surface area contributed by atoms with Gasteiger partial charge < -0.3 is 5.32 Å². The first-order valence-electron chi connectivity index (χ1n) is 7.36. The Morgan fingerprint density at radius 2 is 2.13 bits per heavy atom. The third-order valence-electron chi connectivity index (χ3n) is 3.84. The molecule has 23 heavy (non-hydrogen) atoms. The number of hydrogen-bond donors (Lipinski definition) is 1. The van der Waals surface area contributed by atoms with Crippen LogP contribution >= 0.6 is 12.4 Å². The summed E-state index contributed by atoms with van der Waals surface area (Å²) in [7, 11) is -3.90. The Morgan fingerprint density at radius 1 is 1.43 bits per heavy atom. The molecule has 1 aromatic carbocycles. The molecule has 7 nitrogen and oxygen atoms in total. The van der Waals surface area contributed by atoms with Gasteiger partial charge in [-0.1, -0.05) is 19.1 Å². The fourth-order valence-electron chi connectivity index (χ4n) is 2.84. The van der Waals surface area contributed by atoms with Crippen LogP contribution in [0.5, 0.6) is 0 Å². The second-order valence-electron chi connectivity index (χ2n) is 5.44. The van der Waals surface area contributed by atoms with Gasteiger partial charge in [0.1, 0.15) is 0 Å². The number of hydrogen-bond acceptors (Lipinski definition) is 5. The van der Waals surface area contributed by atoms with Crippen molar-refractivity contribution in [1.29, 1.82) is 0 Å². The largest absolute Gasteiger partial charge is 0.315 e. The molecule has 1 aliphatic rings. The van der Waals surface area contributed by atoms with Gasteiger partial charge in [0.05, 0.1) is 4.92 Å². The summed E-state index contributed by atoms with van der Waals surface area (Å²) in [4.78, 5) is 10.4. The van der Waals surface area contributed by atoms with Crippen molar-refractivity contribution < 1.29 is 13.3 Å². The Hall–Kier alpha value is -1.22. The number of nitrogens with zero attached hydrogens (tertiary/aromatic N) is 2. The van der Waals surface area contributed by atoms with Crippen molar-refractivity contribution in [3.8, 4) is 0 Å². The molecule has 0 saturated carbocycles. The molecule has 0 radical (unpaired) electrons. The van der Waals surface area contributed by atoms with E-state index in [-0.39, 0.29) is 29.0 Å². The Morgan fingerprint density at radius 3 is 2.65 bits per heavy atom. The van der Waals surface area contributed by atoms with Gasteiger partial charge in [0.15, 0.2) is 4.90 Å². The van der Waals surface area contributed by atoms with E-state index in [0.717, 1.165) is 13.0 Å². The SMILES string of the molecule is CCCN(C1CCNC1)S(=O)(=O)c1c(C)cccc1[N+](=O)[O-].Cl. The maximum absolute atomic E-state index is 13.0. The van der Waals surface area contributed by atoms with E-state index >= 15 is 0 Å². The number of nitro benzene ring substituents is 1. The number of aryl methyl sites for hydroxylation is 1. The van der Waals surface area contributed by atoms with Crippen LogP contribution in [0.25, 0.3) is 0 Å². The van der Waals surface area contributed by atoms with Crippen LogP contribution < -0.4 is 5.32 Å². The van der Waals surface area contributed by atoms with Gasteiger partial charge in [-0.2, -0.15) is 4.31 Å². The highest BCUT2D eigenvalue weighted by molar-refractivity contribution is 7.89. The molecule has 0 spiro atoms.